The molecule has 7 nitrogen and oxygen atoms in total. The number of carbonyl (C=O) groups is 3. The monoisotopic (exact) mass is 261 g/mol. The van der Waals surface area contributed by atoms with Gasteiger partial charge in [0.15, 0.2) is 6.61 Å². The van der Waals surface area contributed by atoms with Gasteiger partial charge in [-0.15, -0.1) is 0 Å². The van der Waals surface area contributed by atoms with Crippen molar-refractivity contribution in [3.63, 3.8) is 0 Å². The molecule has 104 valence electrons. The first-order valence-corrected chi connectivity index (χ1v) is 5.47. The zero-order valence-electron chi connectivity index (χ0n) is 10.8. The second kappa shape index (κ2) is 6.95. The maximum Gasteiger partial charge on any atom is 0.344 e. The SMILES string of the molecule is CC(C)(C)OC(=O)COC(=O)[C@@H](N)CCC(=O)O. The van der Waals surface area contributed by atoms with Gasteiger partial charge in [0.2, 0.25) is 0 Å². The molecule has 0 radical (unpaired) electrons. The Balaban J connectivity index is 3.95. The second-order valence-corrected chi connectivity index (χ2v) is 4.73. The number of ether oxygens (including phenoxy) is 2. The van der Waals surface area contributed by atoms with Crippen LogP contribution in [0.2, 0.25) is 0 Å². The van der Waals surface area contributed by atoms with Gasteiger partial charge in [-0.25, -0.2) is 4.79 Å². The molecule has 0 rings (SSSR count). The molecule has 0 aromatic rings. The van der Waals surface area contributed by atoms with Gasteiger partial charge in [0, 0.05) is 6.42 Å². The molecule has 0 heterocycles. The first-order valence-electron chi connectivity index (χ1n) is 5.47. The van der Waals surface area contributed by atoms with Gasteiger partial charge in [-0.05, 0) is 27.2 Å². The van der Waals surface area contributed by atoms with Gasteiger partial charge in [-0.3, -0.25) is 9.59 Å². The summed E-state index contributed by atoms with van der Waals surface area (Å²) >= 11 is 0. The predicted octanol–water partition coefficient (Wildman–Crippen LogP) is 0.0634. The lowest BCUT2D eigenvalue weighted by molar-refractivity contribution is -0.167. The smallest absolute Gasteiger partial charge is 0.344 e. The molecular weight excluding hydrogens is 242 g/mol. The van der Waals surface area contributed by atoms with E-state index in [2.05, 4.69) is 4.74 Å². The third kappa shape index (κ3) is 8.51. The Morgan fingerprint density at radius 1 is 1.28 bits per heavy atom. The van der Waals surface area contributed by atoms with E-state index in [9.17, 15) is 14.4 Å². The van der Waals surface area contributed by atoms with Crippen molar-refractivity contribution < 1.29 is 29.0 Å². The quantitative estimate of drug-likeness (QED) is 0.649. The number of nitrogens with two attached hydrogens (primary N) is 1. The Hall–Kier alpha value is -1.63. The van der Waals surface area contributed by atoms with E-state index in [1.165, 1.54) is 0 Å². The number of hydrogen-bond acceptors (Lipinski definition) is 6. The molecule has 0 saturated carbocycles. The summed E-state index contributed by atoms with van der Waals surface area (Å²) in [5.41, 5.74) is 4.73. The van der Waals surface area contributed by atoms with E-state index in [0.717, 1.165) is 0 Å². The van der Waals surface area contributed by atoms with Gasteiger partial charge >= 0.3 is 17.9 Å². The normalized spacial score (nSPS) is 12.7. The van der Waals surface area contributed by atoms with Crippen molar-refractivity contribution >= 4 is 17.9 Å². The van der Waals surface area contributed by atoms with E-state index < -0.39 is 36.2 Å². The highest BCUT2D eigenvalue weighted by atomic mass is 16.6. The number of esters is 2. The van der Waals surface area contributed by atoms with Crippen LogP contribution in [-0.2, 0) is 23.9 Å². The van der Waals surface area contributed by atoms with Gasteiger partial charge in [-0.1, -0.05) is 0 Å². The molecule has 0 bridgehead atoms. The van der Waals surface area contributed by atoms with Crippen LogP contribution in [0.4, 0.5) is 0 Å². The molecule has 0 aromatic heterocycles. The van der Waals surface area contributed by atoms with E-state index in [0.29, 0.717) is 0 Å². The van der Waals surface area contributed by atoms with E-state index in [1.807, 2.05) is 0 Å². The molecule has 18 heavy (non-hydrogen) atoms. The minimum atomic E-state index is -1.05. The highest BCUT2D eigenvalue weighted by Gasteiger charge is 2.20. The number of carboxylic acid groups (broad SMARTS) is 1. The maximum atomic E-state index is 11.3. The molecular formula is C11H19NO6. The number of rotatable bonds is 6. The fourth-order valence-electron chi connectivity index (χ4n) is 1.00. The summed E-state index contributed by atoms with van der Waals surface area (Å²) in [6.07, 6.45) is -0.273. The molecule has 3 N–H and O–H groups in total. The summed E-state index contributed by atoms with van der Waals surface area (Å²) in [4.78, 5) is 32.8. The maximum absolute atomic E-state index is 11.3. The lowest BCUT2D eigenvalue weighted by Crippen LogP contribution is -2.35. The van der Waals surface area contributed by atoms with Gasteiger partial charge in [0.05, 0.1) is 0 Å². The van der Waals surface area contributed by atoms with Gasteiger partial charge in [0.25, 0.3) is 0 Å². The fourth-order valence-corrected chi connectivity index (χ4v) is 1.00. The number of hydrogen-bond donors (Lipinski definition) is 2. The van der Waals surface area contributed by atoms with Crippen molar-refractivity contribution in [1.29, 1.82) is 0 Å². The fraction of sp³-hybridized carbons (Fsp3) is 0.727. The summed E-state index contributed by atoms with van der Waals surface area (Å²) in [7, 11) is 0. The Bertz CT molecular complexity index is 320. The van der Waals surface area contributed by atoms with Crippen molar-refractivity contribution in [2.45, 2.75) is 45.3 Å². The Labute approximate surface area is 105 Å². The number of carboxylic acids is 1. The molecule has 0 aliphatic carbocycles. The van der Waals surface area contributed by atoms with Crippen LogP contribution in [-0.4, -0.2) is 41.3 Å². The van der Waals surface area contributed by atoms with Gasteiger partial charge < -0.3 is 20.3 Å². The van der Waals surface area contributed by atoms with E-state index in [-0.39, 0.29) is 12.8 Å². The zero-order chi connectivity index (χ0) is 14.3. The van der Waals surface area contributed by atoms with Gasteiger partial charge in [-0.2, -0.15) is 0 Å². The lowest BCUT2D eigenvalue weighted by atomic mass is 10.2. The standard InChI is InChI=1S/C11H19NO6/c1-11(2,3)18-9(15)6-17-10(16)7(12)4-5-8(13)14/h7H,4-6,12H2,1-3H3,(H,13,14)/t7-/m0/s1. The average molecular weight is 261 g/mol. The molecule has 0 unspecified atom stereocenters. The Kier molecular flexibility index (Phi) is 6.32. The molecule has 0 aromatic carbocycles. The van der Waals surface area contributed by atoms with Crippen LogP contribution in [0, 0.1) is 0 Å². The summed E-state index contributed by atoms with van der Waals surface area (Å²) in [5.74, 6) is -2.55. The first kappa shape index (κ1) is 16.4. The van der Waals surface area contributed by atoms with Crippen LogP contribution in [0.3, 0.4) is 0 Å². The highest BCUT2D eigenvalue weighted by Crippen LogP contribution is 2.07. The predicted molar refractivity (Wildman–Crippen MR) is 61.6 cm³/mol. The molecule has 0 amide bonds. The Morgan fingerprint density at radius 2 is 1.83 bits per heavy atom. The summed E-state index contributed by atoms with van der Waals surface area (Å²) in [6.45, 7) is 4.53. The second-order valence-electron chi connectivity index (χ2n) is 4.73. The minimum Gasteiger partial charge on any atom is -0.481 e. The van der Waals surface area contributed by atoms with Crippen molar-refractivity contribution in [3.8, 4) is 0 Å². The highest BCUT2D eigenvalue weighted by molar-refractivity contribution is 5.80. The van der Waals surface area contributed by atoms with Crippen molar-refractivity contribution in [1.82, 2.24) is 0 Å². The Morgan fingerprint density at radius 3 is 2.28 bits per heavy atom. The topological polar surface area (TPSA) is 116 Å². The molecule has 0 spiro atoms. The molecule has 7 heteroatoms. The van der Waals surface area contributed by atoms with Crippen LogP contribution in [0.15, 0.2) is 0 Å². The van der Waals surface area contributed by atoms with Crippen molar-refractivity contribution in [2.24, 2.45) is 5.73 Å². The molecule has 0 aliphatic heterocycles. The average Bonchev–Trinajstić information content (AvgIpc) is 2.19. The largest absolute Gasteiger partial charge is 0.481 e. The third-order valence-corrected chi connectivity index (χ3v) is 1.72. The van der Waals surface area contributed by atoms with E-state index in [4.69, 9.17) is 15.6 Å². The van der Waals surface area contributed by atoms with Gasteiger partial charge in [0.1, 0.15) is 11.6 Å². The third-order valence-electron chi connectivity index (χ3n) is 1.72. The van der Waals surface area contributed by atoms with Crippen LogP contribution < -0.4 is 5.73 Å². The van der Waals surface area contributed by atoms with Crippen LogP contribution in [0.25, 0.3) is 0 Å². The van der Waals surface area contributed by atoms with Crippen molar-refractivity contribution in [3.05, 3.63) is 0 Å². The van der Waals surface area contributed by atoms with Crippen LogP contribution in [0.1, 0.15) is 33.6 Å². The van der Waals surface area contributed by atoms with E-state index >= 15 is 0 Å². The zero-order valence-corrected chi connectivity index (χ0v) is 10.8. The molecule has 0 fully saturated rings. The first-order chi connectivity index (χ1) is 8.11. The number of carbonyl (C=O) groups excluding carboxylic acids is 2. The minimum absolute atomic E-state index is 0.0392. The lowest BCUT2D eigenvalue weighted by Gasteiger charge is -2.19. The molecule has 0 aliphatic rings. The summed E-state index contributed by atoms with van der Waals surface area (Å²) < 4.78 is 9.53. The molecule has 1 atom stereocenters. The summed E-state index contributed by atoms with van der Waals surface area (Å²) in [6, 6.07) is -1.05. The summed E-state index contributed by atoms with van der Waals surface area (Å²) in [5, 5.41) is 8.41. The number of aliphatic carboxylic acids is 1. The van der Waals surface area contributed by atoms with Crippen LogP contribution >= 0.6 is 0 Å². The van der Waals surface area contributed by atoms with Crippen molar-refractivity contribution in [2.75, 3.05) is 6.61 Å². The van der Waals surface area contributed by atoms with Crippen LogP contribution in [0.5, 0.6) is 0 Å². The molecule has 0 saturated heterocycles. The van der Waals surface area contributed by atoms with E-state index in [1.54, 1.807) is 20.8 Å².